The normalized spacial score (nSPS) is 16.7. The molecule has 1 aliphatic heterocycles. The summed E-state index contributed by atoms with van der Waals surface area (Å²) < 4.78 is 33.3. The van der Waals surface area contributed by atoms with Crippen molar-refractivity contribution in [1.82, 2.24) is 10.0 Å². The Hall–Kier alpha value is -1.60. The zero-order chi connectivity index (χ0) is 17.9. The van der Waals surface area contributed by atoms with Gasteiger partial charge in [-0.3, -0.25) is 0 Å². The Bertz CT molecular complexity index is 823. The van der Waals surface area contributed by atoms with Gasteiger partial charge in [-0.2, -0.15) is 0 Å². The molecule has 0 saturated heterocycles. The van der Waals surface area contributed by atoms with E-state index in [4.69, 9.17) is 4.74 Å². The lowest BCUT2D eigenvalue weighted by Gasteiger charge is -2.27. The molecule has 1 atom stereocenters. The first-order valence-corrected chi connectivity index (χ1v) is 10.0. The molecule has 1 heterocycles. The highest BCUT2D eigenvalue weighted by atomic mass is 35.5. The van der Waals surface area contributed by atoms with Crippen molar-refractivity contribution in [1.29, 1.82) is 0 Å². The number of rotatable bonds is 6. The van der Waals surface area contributed by atoms with Crippen LogP contribution in [0, 0.1) is 0 Å². The fraction of sp³-hybridized carbons (Fsp3) is 0.368. The third-order valence-electron chi connectivity index (χ3n) is 4.20. The molecule has 7 heteroatoms. The van der Waals surface area contributed by atoms with Gasteiger partial charge in [0.15, 0.2) is 0 Å². The summed E-state index contributed by atoms with van der Waals surface area (Å²) in [5.74, 6) is 0.664. The van der Waals surface area contributed by atoms with Gasteiger partial charge in [-0.1, -0.05) is 24.3 Å². The van der Waals surface area contributed by atoms with E-state index in [2.05, 4.69) is 22.2 Å². The third-order valence-corrected chi connectivity index (χ3v) is 5.64. The Balaban J connectivity index is 0.00000243. The fourth-order valence-corrected chi connectivity index (χ4v) is 4.07. The minimum Gasteiger partial charge on any atom is -0.491 e. The van der Waals surface area contributed by atoms with Crippen LogP contribution in [0.1, 0.15) is 31.0 Å². The van der Waals surface area contributed by atoms with Crippen LogP contribution in [0.4, 0.5) is 0 Å². The molecule has 0 saturated carbocycles. The molecule has 0 fully saturated rings. The van der Waals surface area contributed by atoms with Crippen molar-refractivity contribution in [2.75, 3.05) is 13.1 Å². The molecule has 2 N–H and O–H groups in total. The summed E-state index contributed by atoms with van der Waals surface area (Å²) in [6.45, 7) is 5.04. The maximum Gasteiger partial charge on any atom is 0.240 e. The summed E-state index contributed by atoms with van der Waals surface area (Å²) in [5, 5.41) is 3.38. The molecule has 0 aliphatic carbocycles. The minimum atomic E-state index is -3.55. The molecule has 1 aliphatic rings. The van der Waals surface area contributed by atoms with Gasteiger partial charge in [0.1, 0.15) is 5.75 Å². The van der Waals surface area contributed by atoms with E-state index in [1.165, 1.54) is 5.56 Å². The fourth-order valence-electron chi connectivity index (χ4n) is 3.02. The Morgan fingerprint density at radius 2 is 1.85 bits per heavy atom. The van der Waals surface area contributed by atoms with Crippen LogP contribution in [0.25, 0.3) is 0 Å². The molecule has 0 amide bonds. The SMILES string of the molecule is CC(C)Oc1ccc(S(=O)(=O)NCC2NCCc3ccccc32)cc1.Cl. The molecule has 5 nitrogen and oxygen atoms in total. The van der Waals surface area contributed by atoms with Gasteiger partial charge < -0.3 is 10.1 Å². The summed E-state index contributed by atoms with van der Waals surface area (Å²) in [7, 11) is -3.55. The number of halogens is 1. The number of benzene rings is 2. The van der Waals surface area contributed by atoms with Crippen LogP contribution in [-0.4, -0.2) is 27.6 Å². The summed E-state index contributed by atoms with van der Waals surface area (Å²) in [6, 6.07) is 14.7. The van der Waals surface area contributed by atoms with E-state index < -0.39 is 10.0 Å². The third kappa shape index (κ3) is 4.98. The Labute approximate surface area is 161 Å². The number of fused-ring (bicyclic) bond motifs is 1. The van der Waals surface area contributed by atoms with Gasteiger partial charge in [0.05, 0.1) is 11.0 Å². The van der Waals surface area contributed by atoms with Crippen molar-refractivity contribution in [2.45, 2.75) is 37.3 Å². The highest BCUT2D eigenvalue weighted by Crippen LogP contribution is 2.23. The van der Waals surface area contributed by atoms with Gasteiger partial charge in [0, 0.05) is 12.6 Å². The highest BCUT2D eigenvalue weighted by molar-refractivity contribution is 7.89. The van der Waals surface area contributed by atoms with Crippen molar-refractivity contribution in [3.8, 4) is 5.75 Å². The molecule has 0 spiro atoms. The predicted octanol–water partition coefficient (Wildman–Crippen LogP) is 3.06. The first-order chi connectivity index (χ1) is 12.0. The zero-order valence-corrected chi connectivity index (χ0v) is 16.6. The molecule has 0 bridgehead atoms. The average Bonchev–Trinajstić information content (AvgIpc) is 2.60. The van der Waals surface area contributed by atoms with Crippen molar-refractivity contribution in [2.24, 2.45) is 0 Å². The first kappa shape index (κ1) is 20.7. The summed E-state index contributed by atoms with van der Waals surface area (Å²) in [5.41, 5.74) is 2.44. The highest BCUT2D eigenvalue weighted by Gasteiger charge is 2.22. The van der Waals surface area contributed by atoms with Crippen LogP contribution >= 0.6 is 12.4 Å². The Morgan fingerprint density at radius 3 is 2.54 bits per heavy atom. The van der Waals surface area contributed by atoms with Crippen molar-refractivity contribution in [3.63, 3.8) is 0 Å². The lowest BCUT2D eigenvalue weighted by molar-refractivity contribution is 0.242. The van der Waals surface area contributed by atoms with Crippen LogP contribution < -0.4 is 14.8 Å². The monoisotopic (exact) mass is 396 g/mol. The number of sulfonamides is 1. The van der Waals surface area contributed by atoms with Gasteiger partial charge in [0.2, 0.25) is 10.0 Å². The molecule has 2 aromatic rings. The van der Waals surface area contributed by atoms with Crippen LogP contribution in [-0.2, 0) is 16.4 Å². The van der Waals surface area contributed by atoms with Crippen LogP contribution in [0.3, 0.4) is 0 Å². The Kier molecular flexibility index (Phi) is 7.06. The second-order valence-electron chi connectivity index (χ2n) is 6.45. The van der Waals surface area contributed by atoms with E-state index >= 15 is 0 Å². The van der Waals surface area contributed by atoms with E-state index in [9.17, 15) is 8.42 Å². The van der Waals surface area contributed by atoms with Crippen molar-refractivity contribution >= 4 is 22.4 Å². The van der Waals surface area contributed by atoms with E-state index in [-0.39, 0.29) is 29.4 Å². The molecule has 142 valence electrons. The van der Waals surface area contributed by atoms with Gasteiger partial charge >= 0.3 is 0 Å². The molecule has 1 unspecified atom stereocenters. The summed E-state index contributed by atoms with van der Waals surface area (Å²) >= 11 is 0. The second-order valence-corrected chi connectivity index (χ2v) is 8.21. The quantitative estimate of drug-likeness (QED) is 0.787. The van der Waals surface area contributed by atoms with Gasteiger partial charge in [-0.25, -0.2) is 13.1 Å². The molecular formula is C19H25ClN2O3S. The lowest BCUT2D eigenvalue weighted by Crippen LogP contribution is -2.38. The average molecular weight is 397 g/mol. The van der Waals surface area contributed by atoms with E-state index in [0.717, 1.165) is 18.5 Å². The number of hydrogen-bond donors (Lipinski definition) is 2. The molecule has 2 aromatic carbocycles. The standard InChI is InChI=1S/C19H24N2O3S.ClH/c1-14(2)24-16-7-9-17(10-8-16)25(22,23)21-13-19-18-6-4-3-5-15(18)11-12-20-19;/h3-10,14,19-21H,11-13H2,1-2H3;1H. The van der Waals surface area contributed by atoms with Crippen molar-refractivity contribution in [3.05, 3.63) is 59.7 Å². The molecule has 26 heavy (non-hydrogen) atoms. The number of nitrogens with one attached hydrogen (secondary N) is 2. The predicted molar refractivity (Wildman–Crippen MR) is 106 cm³/mol. The first-order valence-electron chi connectivity index (χ1n) is 8.53. The van der Waals surface area contributed by atoms with Gasteiger partial charge in [0.25, 0.3) is 0 Å². The number of hydrogen-bond acceptors (Lipinski definition) is 4. The van der Waals surface area contributed by atoms with Crippen molar-refractivity contribution < 1.29 is 13.2 Å². The topological polar surface area (TPSA) is 67.4 Å². The van der Waals surface area contributed by atoms with Crippen LogP contribution in [0.15, 0.2) is 53.4 Å². The Morgan fingerprint density at radius 1 is 1.15 bits per heavy atom. The molecule has 3 rings (SSSR count). The van der Waals surface area contributed by atoms with Crippen LogP contribution in [0.5, 0.6) is 5.75 Å². The maximum absolute atomic E-state index is 12.5. The minimum absolute atomic E-state index is 0. The largest absolute Gasteiger partial charge is 0.491 e. The lowest BCUT2D eigenvalue weighted by atomic mass is 9.95. The van der Waals surface area contributed by atoms with E-state index in [0.29, 0.717) is 12.3 Å². The zero-order valence-electron chi connectivity index (χ0n) is 14.9. The van der Waals surface area contributed by atoms with Gasteiger partial charge in [-0.15, -0.1) is 12.4 Å². The summed E-state index contributed by atoms with van der Waals surface area (Å²) in [6.07, 6.45) is 1.02. The molecular weight excluding hydrogens is 372 g/mol. The smallest absolute Gasteiger partial charge is 0.240 e. The van der Waals surface area contributed by atoms with Crippen LogP contribution in [0.2, 0.25) is 0 Å². The van der Waals surface area contributed by atoms with Gasteiger partial charge in [-0.05, 0) is 62.2 Å². The number of ether oxygens (including phenoxy) is 1. The second kappa shape index (κ2) is 8.86. The molecule has 0 aromatic heterocycles. The maximum atomic E-state index is 12.5. The summed E-state index contributed by atoms with van der Waals surface area (Å²) in [4.78, 5) is 0.243. The van der Waals surface area contributed by atoms with E-state index in [1.54, 1.807) is 24.3 Å². The van der Waals surface area contributed by atoms with E-state index in [1.807, 2.05) is 26.0 Å². The molecule has 0 radical (unpaired) electrons.